The number of carbonyl (C=O) groups excluding carboxylic acids is 1. The van der Waals surface area contributed by atoms with Crippen molar-refractivity contribution in [3.8, 4) is 22.8 Å². The summed E-state index contributed by atoms with van der Waals surface area (Å²) in [5.74, 6) is 0.913. The molecule has 240 valence electrons. The molecule has 7 rings (SSSR count). The Labute approximate surface area is 265 Å². The summed E-state index contributed by atoms with van der Waals surface area (Å²) in [4.78, 5) is 35.1. The first-order valence-corrected chi connectivity index (χ1v) is 15.7. The standard InChI is InChI=1S/C35H38N4O7/c1-18-11-23(40)30-25(43-18)16-24-21(31(30)41)15-26(33(2,3)45-24)44-32(42)34(4)27(46-34)17-35(8-5-6-9-35)20-13-22(39-29(37)14-20)19-7-10-38-28(36)12-19/h7,10-14,16,26-27,41H,5-6,8-9,15,17H2,1-4H3,(H2,36,38)(H2,37,39)/t26-,27-,34-/m1/s1. The molecule has 0 amide bonds. The summed E-state index contributed by atoms with van der Waals surface area (Å²) in [6.45, 7) is 7.08. The fraction of sp³-hybridized carbons (Fsp3) is 0.429. The number of anilines is 2. The fourth-order valence-electron chi connectivity index (χ4n) is 7.25. The quantitative estimate of drug-likeness (QED) is 0.191. The molecule has 4 aromatic rings. The number of fused-ring (bicyclic) bond motifs is 2. The van der Waals surface area contributed by atoms with Crippen molar-refractivity contribution in [3.05, 3.63) is 69.7 Å². The van der Waals surface area contributed by atoms with Gasteiger partial charge in [0, 0.05) is 35.9 Å². The van der Waals surface area contributed by atoms with E-state index >= 15 is 0 Å². The van der Waals surface area contributed by atoms with E-state index in [1.54, 1.807) is 32.2 Å². The number of hydrogen-bond donors (Lipinski definition) is 3. The van der Waals surface area contributed by atoms with Crippen molar-refractivity contribution in [2.45, 2.75) is 95.0 Å². The van der Waals surface area contributed by atoms with Crippen LogP contribution < -0.4 is 21.6 Å². The summed E-state index contributed by atoms with van der Waals surface area (Å²) in [6.07, 6.45) is 5.29. The van der Waals surface area contributed by atoms with E-state index in [0.717, 1.165) is 42.5 Å². The van der Waals surface area contributed by atoms with Gasteiger partial charge >= 0.3 is 5.97 Å². The van der Waals surface area contributed by atoms with Gasteiger partial charge < -0.3 is 35.2 Å². The van der Waals surface area contributed by atoms with Crippen LogP contribution in [0.15, 0.2) is 51.8 Å². The SMILES string of the molecule is Cc1cc(=O)c2c(O)c3c(cc2o1)OC(C)(C)[C@H](OC(=O)[C@]1(C)O[C@@H]1CC1(c2cc(N)nc(-c4ccnc(N)c4)c2)CCCC1)C3. The Balaban J connectivity index is 1.12. The van der Waals surface area contributed by atoms with Gasteiger partial charge in [-0.1, -0.05) is 12.8 Å². The lowest BCUT2D eigenvalue weighted by Gasteiger charge is -2.39. The maximum atomic E-state index is 13.8. The number of phenolic OH excluding ortho intramolecular Hbond substituents is 1. The number of rotatable bonds is 6. The third kappa shape index (κ3) is 5.02. The van der Waals surface area contributed by atoms with E-state index in [4.69, 9.17) is 30.1 Å². The minimum absolute atomic E-state index is 0.0736. The van der Waals surface area contributed by atoms with E-state index in [9.17, 15) is 14.7 Å². The molecule has 0 bridgehead atoms. The summed E-state index contributed by atoms with van der Waals surface area (Å²) in [7, 11) is 0. The molecule has 3 atom stereocenters. The van der Waals surface area contributed by atoms with Crippen molar-refractivity contribution >= 4 is 28.6 Å². The second-order valence-corrected chi connectivity index (χ2v) is 13.6. The predicted octanol–water partition coefficient (Wildman–Crippen LogP) is 5.11. The van der Waals surface area contributed by atoms with Crippen LogP contribution in [0.25, 0.3) is 22.2 Å². The zero-order valence-electron chi connectivity index (χ0n) is 26.4. The average Bonchev–Trinajstić information content (AvgIpc) is 3.39. The number of aromatic hydroxyl groups is 1. The van der Waals surface area contributed by atoms with E-state index in [2.05, 4.69) is 16.0 Å². The maximum absolute atomic E-state index is 13.8. The molecule has 2 aliphatic heterocycles. The van der Waals surface area contributed by atoms with Crippen LogP contribution >= 0.6 is 0 Å². The summed E-state index contributed by atoms with van der Waals surface area (Å²) >= 11 is 0. The number of aryl methyl sites for hydroxylation is 1. The van der Waals surface area contributed by atoms with Gasteiger partial charge in [0.2, 0.25) is 0 Å². The molecular formula is C35H38N4O7. The van der Waals surface area contributed by atoms with Gasteiger partial charge in [-0.25, -0.2) is 14.8 Å². The Hall–Kier alpha value is -4.64. The zero-order chi connectivity index (χ0) is 32.6. The third-order valence-electron chi connectivity index (χ3n) is 9.99. The number of hydrogen-bond acceptors (Lipinski definition) is 11. The molecule has 1 saturated heterocycles. The van der Waals surface area contributed by atoms with Gasteiger partial charge in [0.1, 0.15) is 51.6 Å². The Bertz CT molecular complexity index is 1950. The first kappa shape index (κ1) is 30.0. The first-order chi connectivity index (χ1) is 21.8. The Morgan fingerprint density at radius 2 is 1.85 bits per heavy atom. The molecule has 0 radical (unpaired) electrons. The monoisotopic (exact) mass is 626 g/mol. The molecule has 5 heterocycles. The number of esters is 1. The van der Waals surface area contributed by atoms with Gasteiger partial charge in [0.05, 0.1) is 11.8 Å². The Kier molecular flexibility index (Phi) is 6.82. The summed E-state index contributed by atoms with van der Waals surface area (Å²) < 4.78 is 24.2. The number of epoxide rings is 1. The summed E-state index contributed by atoms with van der Waals surface area (Å²) in [5.41, 5.74) is 12.8. The Morgan fingerprint density at radius 3 is 2.59 bits per heavy atom. The maximum Gasteiger partial charge on any atom is 0.341 e. The molecule has 1 aromatic carbocycles. The molecule has 3 aromatic heterocycles. The third-order valence-corrected chi connectivity index (χ3v) is 9.99. The smallest absolute Gasteiger partial charge is 0.341 e. The molecule has 0 unspecified atom stereocenters. The van der Waals surface area contributed by atoms with Gasteiger partial charge in [-0.15, -0.1) is 0 Å². The van der Waals surface area contributed by atoms with E-state index in [1.807, 2.05) is 26.0 Å². The molecule has 46 heavy (non-hydrogen) atoms. The van der Waals surface area contributed by atoms with Gasteiger partial charge in [0.25, 0.3) is 0 Å². The summed E-state index contributed by atoms with van der Waals surface area (Å²) in [6, 6.07) is 10.6. The largest absolute Gasteiger partial charge is 0.507 e. The van der Waals surface area contributed by atoms with E-state index in [1.165, 1.54) is 6.07 Å². The van der Waals surface area contributed by atoms with Gasteiger partial charge in [0.15, 0.2) is 11.0 Å². The second kappa shape index (κ2) is 10.4. The number of pyridine rings is 2. The Morgan fingerprint density at radius 1 is 1.09 bits per heavy atom. The van der Waals surface area contributed by atoms with Crippen LogP contribution in [0.5, 0.6) is 11.5 Å². The molecule has 11 heteroatoms. The minimum Gasteiger partial charge on any atom is -0.507 e. The number of aromatic nitrogens is 2. The highest BCUT2D eigenvalue weighted by atomic mass is 16.7. The number of nitrogens with zero attached hydrogens (tertiary/aromatic N) is 2. The second-order valence-electron chi connectivity index (χ2n) is 13.6. The summed E-state index contributed by atoms with van der Waals surface area (Å²) in [5, 5.41) is 11.2. The van der Waals surface area contributed by atoms with Crippen LogP contribution in [-0.2, 0) is 26.1 Å². The number of carbonyl (C=O) groups is 1. The van der Waals surface area contributed by atoms with Crippen LogP contribution in [0, 0.1) is 6.92 Å². The van der Waals surface area contributed by atoms with Crippen LogP contribution in [0.1, 0.15) is 69.8 Å². The number of benzene rings is 1. The van der Waals surface area contributed by atoms with Crippen molar-refractivity contribution < 1.29 is 28.5 Å². The normalized spacial score (nSPS) is 24.3. The molecule has 1 saturated carbocycles. The lowest BCUT2D eigenvalue weighted by Crippen LogP contribution is -2.50. The fourth-order valence-corrected chi connectivity index (χ4v) is 7.25. The van der Waals surface area contributed by atoms with Crippen molar-refractivity contribution in [1.82, 2.24) is 9.97 Å². The molecular weight excluding hydrogens is 588 g/mol. The van der Waals surface area contributed by atoms with E-state index in [0.29, 0.717) is 35.1 Å². The lowest BCUT2D eigenvalue weighted by atomic mass is 9.74. The molecule has 11 nitrogen and oxygen atoms in total. The van der Waals surface area contributed by atoms with Gasteiger partial charge in [-0.3, -0.25) is 4.79 Å². The number of nitrogens with two attached hydrogens (primary N) is 2. The molecule has 2 fully saturated rings. The highest BCUT2D eigenvalue weighted by Crippen LogP contribution is 2.53. The highest BCUT2D eigenvalue weighted by Gasteiger charge is 2.63. The molecule has 0 spiro atoms. The zero-order valence-corrected chi connectivity index (χ0v) is 26.4. The van der Waals surface area contributed by atoms with Crippen molar-refractivity contribution in [3.63, 3.8) is 0 Å². The molecule has 1 aliphatic carbocycles. The number of nitrogen functional groups attached to an aromatic ring is 2. The highest BCUT2D eigenvalue weighted by molar-refractivity contribution is 5.87. The van der Waals surface area contributed by atoms with E-state index in [-0.39, 0.29) is 40.1 Å². The molecule has 5 N–H and O–H groups in total. The average molecular weight is 627 g/mol. The topological polar surface area (TPSA) is 176 Å². The first-order valence-electron chi connectivity index (χ1n) is 15.7. The molecule has 3 aliphatic rings. The van der Waals surface area contributed by atoms with Crippen molar-refractivity contribution in [1.29, 1.82) is 0 Å². The lowest BCUT2D eigenvalue weighted by molar-refractivity contribution is -0.167. The number of ether oxygens (including phenoxy) is 3. The minimum atomic E-state index is -1.14. The van der Waals surface area contributed by atoms with Crippen LogP contribution in [0.4, 0.5) is 11.6 Å². The van der Waals surface area contributed by atoms with Crippen LogP contribution in [-0.4, -0.2) is 44.5 Å². The van der Waals surface area contributed by atoms with Gasteiger partial charge in [-0.05, 0) is 82.2 Å². The van der Waals surface area contributed by atoms with Crippen molar-refractivity contribution in [2.24, 2.45) is 0 Å². The number of phenols is 1. The van der Waals surface area contributed by atoms with Gasteiger partial charge in [-0.2, -0.15) is 0 Å². The van der Waals surface area contributed by atoms with E-state index < -0.39 is 23.3 Å². The van der Waals surface area contributed by atoms with Crippen molar-refractivity contribution in [2.75, 3.05) is 11.5 Å². The van der Waals surface area contributed by atoms with Crippen LogP contribution in [0.2, 0.25) is 0 Å². The van der Waals surface area contributed by atoms with Crippen LogP contribution in [0.3, 0.4) is 0 Å². The predicted molar refractivity (Wildman–Crippen MR) is 172 cm³/mol.